The van der Waals surface area contributed by atoms with Crippen LogP contribution in [0.2, 0.25) is 0 Å². The van der Waals surface area contributed by atoms with Gasteiger partial charge in [0.1, 0.15) is 0 Å². The van der Waals surface area contributed by atoms with Crippen LogP contribution in [0.1, 0.15) is 13.8 Å². The standard InChI is InChI=1S/C10H21N3O3S/c1-3-11-10(12-4-2)13-7-9-8-17(14,15)6-5-16-9/h9H,3-8H2,1-2H3,(H2,11,12,13). The number of hydrogen-bond donors (Lipinski definition) is 2. The Balaban J connectivity index is 2.49. The van der Waals surface area contributed by atoms with Crippen LogP contribution in [-0.4, -0.2) is 58.2 Å². The summed E-state index contributed by atoms with van der Waals surface area (Å²) < 4.78 is 28.2. The van der Waals surface area contributed by atoms with Gasteiger partial charge in [-0.25, -0.2) is 8.42 Å². The quantitative estimate of drug-likeness (QED) is 0.522. The molecule has 0 amide bonds. The Kier molecular flexibility index (Phi) is 5.70. The predicted octanol–water partition coefficient (Wildman–Crippen LogP) is -0.625. The number of nitrogens with zero attached hydrogens (tertiary/aromatic N) is 1. The van der Waals surface area contributed by atoms with E-state index in [1.54, 1.807) is 0 Å². The highest BCUT2D eigenvalue weighted by Crippen LogP contribution is 2.07. The Labute approximate surface area is 103 Å². The van der Waals surface area contributed by atoms with Crippen LogP contribution in [0.15, 0.2) is 4.99 Å². The van der Waals surface area contributed by atoms with Crippen molar-refractivity contribution in [2.24, 2.45) is 4.99 Å². The van der Waals surface area contributed by atoms with Crippen molar-refractivity contribution < 1.29 is 13.2 Å². The number of sulfone groups is 1. The number of aliphatic imine (C=N–C) groups is 1. The van der Waals surface area contributed by atoms with Crippen molar-refractivity contribution in [3.05, 3.63) is 0 Å². The molecule has 0 aromatic heterocycles. The van der Waals surface area contributed by atoms with E-state index in [4.69, 9.17) is 4.74 Å². The smallest absolute Gasteiger partial charge is 0.191 e. The molecule has 1 unspecified atom stereocenters. The molecule has 17 heavy (non-hydrogen) atoms. The van der Waals surface area contributed by atoms with E-state index in [1.807, 2.05) is 13.8 Å². The molecule has 7 heteroatoms. The molecule has 0 aromatic rings. The van der Waals surface area contributed by atoms with Gasteiger partial charge < -0.3 is 15.4 Å². The topological polar surface area (TPSA) is 79.8 Å². The van der Waals surface area contributed by atoms with Crippen LogP contribution in [-0.2, 0) is 14.6 Å². The van der Waals surface area contributed by atoms with Crippen LogP contribution < -0.4 is 10.6 Å². The Bertz CT molecular complexity index is 346. The predicted molar refractivity (Wildman–Crippen MR) is 68.0 cm³/mol. The SMILES string of the molecule is CCNC(=NCC1CS(=O)(=O)CCO1)NCC. The Morgan fingerprint density at radius 2 is 2.00 bits per heavy atom. The summed E-state index contributed by atoms with van der Waals surface area (Å²) >= 11 is 0. The van der Waals surface area contributed by atoms with Crippen LogP contribution in [0.25, 0.3) is 0 Å². The summed E-state index contributed by atoms with van der Waals surface area (Å²) in [4.78, 5) is 4.30. The fraction of sp³-hybridized carbons (Fsp3) is 0.900. The first-order valence-corrected chi connectivity index (χ1v) is 7.73. The first-order chi connectivity index (χ1) is 8.07. The Morgan fingerprint density at radius 1 is 1.35 bits per heavy atom. The molecule has 1 aliphatic rings. The van der Waals surface area contributed by atoms with Crippen molar-refractivity contribution in [1.82, 2.24) is 10.6 Å². The van der Waals surface area contributed by atoms with Gasteiger partial charge in [-0.1, -0.05) is 0 Å². The van der Waals surface area contributed by atoms with Gasteiger partial charge in [0.2, 0.25) is 0 Å². The van der Waals surface area contributed by atoms with Gasteiger partial charge in [-0.3, -0.25) is 4.99 Å². The lowest BCUT2D eigenvalue weighted by molar-refractivity contribution is 0.0782. The summed E-state index contributed by atoms with van der Waals surface area (Å²) in [6.07, 6.45) is -0.318. The van der Waals surface area contributed by atoms with Crippen LogP contribution >= 0.6 is 0 Å². The normalized spacial score (nSPS) is 22.8. The summed E-state index contributed by atoms with van der Waals surface area (Å²) in [5, 5.41) is 6.16. The number of guanidine groups is 1. The molecule has 6 nitrogen and oxygen atoms in total. The number of nitrogens with one attached hydrogen (secondary N) is 2. The number of rotatable bonds is 4. The average molecular weight is 263 g/mol. The van der Waals surface area contributed by atoms with Crippen molar-refractivity contribution in [3.8, 4) is 0 Å². The van der Waals surface area contributed by atoms with E-state index in [0.717, 1.165) is 13.1 Å². The lowest BCUT2D eigenvalue weighted by Crippen LogP contribution is -2.40. The third kappa shape index (κ3) is 5.36. The summed E-state index contributed by atoms with van der Waals surface area (Å²) in [6.45, 7) is 6.16. The highest BCUT2D eigenvalue weighted by molar-refractivity contribution is 7.91. The van der Waals surface area contributed by atoms with E-state index in [-0.39, 0.29) is 24.2 Å². The minimum atomic E-state index is -2.94. The molecular formula is C10H21N3O3S. The molecule has 1 aliphatic heterocycles. The van der Waals surface area contributed by atoms with E-state index in [2.05, 4.69) is 15.6 Å². The lowest BCUT2D eigenvalue weighted by atomic mass is 10.4. The fourth-order valence-electron chi connectivity index (χ4n) is 1.56. The summed E-state index contributed by atoms with van der Waals surface area (Å²) in [7, 11) is -2.94. The minimum absolute atomic E-state index is 0.0715. The van der Waals surface area contributed by atoms with Gasteiger partial charge in [-0.2, -0.15) is 0 Å². The molecule has 1 saturated heterocycles. The molecule has 1 heterocycles. The maximum Gasteiger partial charge on any atom is 0.191 e. The monoisotopic (exact) mass is 263 g/mol. The molecule has 0 spiro atoms. The molecule has 0 bridgehead atoms. The van der Waals surface area contributed by atoms with Gasteiger partial charge in [0, 0.05) is 13.1 Å². The van der Waals surface area contributed by atoms with Crippen molar-refractivity contribution in [1.29, 1.82) is 0 Å². The molecule has 0 saturated carbocycles. The van der Waals surface area contributed by atoms with Crippen molar-refractivity contribution in [3.63, 3.8) is 0 Å². The highest BCUT2D eigenvalue weighted by Gasteiger charge is 2.25. The second-order valence-corrected chi connectivity index (χ2v) is 6.09. The number of ether oxygens (including phenoxy) is 1. The van der Waals surface area contributed by atoms with Gasteiger partial charge in [0.15, 0.2) is 15.8 Å². The van der Waals surface area contributed by atoms with Crippen molar-refractivity contribution in [2.45, 2.75) is 20.0 Å². The van der Waals surface area contributed by atoms with E-state index >= 15 is 0 Å². The number of hydrogen-bond acceptors (Lipinski definition) is 4. The van der Waals surface area contributed by atoms with Crippen LogP contribution in [0.4, 0.5) is 0 Å². The van der Waals surface area contributed by atoms with Crippen LogP contribution in [0.5, 0.6) is 0 Å². The molecule has 0 aromatic carbocycles. The zero-order valence-electron chi connectivity index (χ0n) is 10.4. The van der Waals surface area contributed by atoms with Crippen LogP contribution in [0.3, 0.4) is 0 Å². The summed E-state index contributed by atoms with van der Waals surface area (Å²) in [6, 6.07) is 0. The average Bonchev–Trinajstić information content (AvgIpc) is 2.25. The Hall–Kier alpha value is -0.820. The molecule has 100 valence electrons. The molecule has 0 aliphatic carbocycles. The molecule has 1 rings (SSSR count). The first kappa shape index (κ1) is 14.2. The summed E-state index contributed by atoms with van der Waals surface area (Å²) in [5.74, 6) is 0.893. The van der Waals surface area contributed by atoms with Gasteiger partial charge in [-0.15, -0.1) is 0 Å². The van der Waals surface area contributed by atoms with Gasteiger partial charge >= 0.3 is 0 Å². The minimum Gasteiger partial charge on any atom is -0.374 e. The lowest BCUT2D eigenvalue weighted by Gasteiger charge is -2.21. The van der Waals surface area contributed by atoms with E-state index in [1.165, 1.54) is 0 Å². The second-order valence-electron chi connectivity index (χ2n) is 3.86. The van der Waals surface area contributed by atoms with Crippen molar-refractivity contribution in [2.75, 3.05) is 37.7 Å². The largest absolute Gasteiger partial charge is 0.374 e. The highest BCUT2D eigenvalue weighted by atomic mass is 32.2. The molecule has 1 fully saturated rings. The second kappa shape index (κ2) is 6.80. The maximum absolute atomic E-state index is 11.4. The van der Waals surface area contributed by atoms with E-state index < -0.39 is 9.84 Å². The molecular weight excluding hydrogens is 242 g/mol. The fourth-order valence-corrected chi connectivity index (χ4v) is 2.85. The first-order valence-electron chi connectivity index (χ1n) is 5.91. The van der Waals surface area contributed by atoms with Gasteiger partial charge in [-0.05, 0) is 13.8 Å². The zero-order chi connectivity index (χ0) is 12.7. The van der Waals surface area contributed by atoms with Crippen molar-refractivity contribution >= 4 is 15.8 Å². The maximum atomic E-state index is 11.4. The Morgan fingerprint density at radius 3 is 2.53 bits per heavy atom. The molecule has 1 atom stereocenters. The van der Waals surface area contributed by atoms with E-state index in [0.29, 0.717) is 12.5 Å². The van der Waals surface area contributed by atoms with E-state index in [9.17, 15) is 8.42 Å². The third-order valence-electron chi connectivity index (χ3n) is 2.33. The van der Waals surface area contributed by atoms with Gasteiger partial charge in [0.05, 0.1) is 30.8 Å². The van der Waals surface area contributed by atoms with Crippen LogP contribution in [0, 0.1) is 0 Å². The molecule has 0 radical (unpaired) electrons. The zero-order valence-corrected chi connectivity index (χ0v) is 11.2. The molecule has 2 N–H and O–H groups in total. The van der Waals surface area contributed by atoms with Gasteiger partial charge in [0.25, 0.3) is 0 Å². The summed E-state index contributed by atoms with van der Waals surface area (Å²) in [5.41, 5.74) is 0. The third-order valence-corrected chi connectivity index (χ3v) is 4.00.